The van der Waals surface area contributed by atoms with Crippen molar-refractivity contribution >= 4 is 44.3 Å². The molecule has 0 aliphatic carbocycles. The minimum Gasteiger partial charge on any atom is -0.408 e. The summed E-state index contributed by atoms with van der Waals surface area (Å²) < 4.78 is 33.7. The third kappa shape index (κ3) is 3.08. The first kappa shape index (κ1) is 17.0. The molecule has 0 spiro atoms. The molecule has 0 aliphatic heterocycles. The number of aryl methyl sites for hydroxylation is 1. The summed E-state index contributed by atoms with van der Waals surface area (Å²) in [7, 11) is -2.40. The lowest BCUT2D eigenvalue weighted by molar-refractivity contribution is 0.527. The van der Waals surface area contributed by atoms with Crippen molar-refractivity contribution in [1.82, 2.24) is 9.29 Å². The molecule has 1 N–H and O–H groups in total. The number of aromatic nitrogens is 1. The second-order valence-corrected chi connectivity index (χ2v) is 7.64. The smallest absolute Gasteiger partial charge is 0.408 e. The fraction of sp³-hybridized carbons (Fsp3) is 0.133. The minimum atomic E-state index is -3.91. The van der Waals surface area contributed by atoms with E-state index >= 15 is 0 Å². The van der Waals surface area contributed by atoms with Crippen molar-refractivity contribution in [2.45, 2.75) is 11.4 Å². The molecular weight excluding hydrogens is 375 g/mol. The van der Waals surface area contributed by atoms with Gasteiger partial charge in [0.15, 0.2) is 5.58 Å². The van der Waals surface area contributed by atoms with Gasteiger partial charge in [0, 0.05) is 24.7 Å². The fourth-order valence-electron chi connectivity index (χ4n) is 2.23. The Morgan fingerprint density at radius 1 is 1.17 bits per heavy atom. The summed E-state index contributed by atoms with van der Waals surface area (Å²) in [5.74, 6) is -0.598. The fourth-order valence-corrected chi connectivity index (χ4v) is 3.97. The van der Waals surface area contributed by atoms with Gasteiger partial charge in [0.1, 0.15) is 4.90 Å². The third-order valence-electron chi connectivity index (χ3n) is 3.55. The van der Waals surface area contributed by atoms with Gasteiger partial charge >= 0.3 is 5.76 Å². The number of hydrogen-bond acceptors (Lipinski definition) is 4. The standard InChI is InChI=1S/C15H12Cl2N2O4S/c1-19-12-6-11(17)14(7-13(12)23-15(19)20)24(21,22)18-8-9-4-2-3-5-10(9)16/h2-7,18H,8H2,1H3. The van der Waals surface area contributed by atoms with Crippen molar-refractivity contribution in [3.8, 4) is 0 Å². The summed E-state index contributed by atoms with van der Waals surface area (Å²) in [6.07, 6.45) is 0. The Kier molecular flexibility index (Phi) is 4.44. The van der Waals surface area contributed by atoms with Crippen LogP contribution in [0.5, 0.6) is 0 Å². The second kappa shape index (κ2) is 6.25. The maximum atomic E-state index is 12.5. The molecule has 0 unspecified atom stereocenters. The molecule has 0 saturated heterocycles. The van der Waals surface area contributed by atoms with E-state index in [4.69, 9.17) is 27.6 Å². The summed E-state index contributed by atoms with van der Waals surface area (Å²) in [5, 5.41) is 0.446. The molecule has 1 heterocycles. The van der Waals surface area contributed by atoms with Gasteiger partial charge < -0.3 is 4.42 Å². The molecule has 0 saturated carbocycles. The molecule has 3 aromatic rings. The van der Waals surface area contributed by atoms with Crippen LogP contribution < -0.4 is 10.5 Å². The average Bonchev–Trinajstić information content (AvgIpc) is 2.80. The Bertz CT molecular complexity index is 1090. The first-order chi connectivity index (χ1) is 11.3. The van der Waals surface area contributed by atoms with E-state index < -0.39 is 15.8 Å². The van der Waals surface area contributed by atoms with E-state index in [0.717, 1.165) is 0 Å². The molecule has 0 aliphatic rings. The molecule has 2 aromatic carbocycles. The Hall–Kier alpha value is -1.80. The SMILES string of the molecule is Cn1c(=O)oc2cc(S(=O)(=O)NCc3ccccc3Cl)c(Cl)cc21. The summed E-state index contributed by atoms with van der Waals surface area (Å²) in [5.41, 5.74) is 1.19. The number of oxazole rings is 1. The Labute approximate surface area is 147 Å². The molecule has 9 heteroatoms. The van der Waals surface area contributed by atoms with Crippen LogP contribution in [0.2, 0.25) is 10.0 Å². The summed E-state index contributed by atoms with van der Waals surface area (Å²) in [6.45, 7) is 0.00904. The Morgan fingerprint density at radius 3 is 2.58 bits per heavy atom. The highest BCUT2D eigenvalue weighted by molar-refractivity contribution is 7.89. The van der Waals surface area contributed by atoms with Crippen LogP contribution >= 0.6 is 23.2 Å². The minimum absolute atomic E-state index is 0.00874. The van der Waals surface area contributed by atoms with E-state index in [1.807, 2.05) is 0 Å². The van der Waals surface area contributed by atoms with Gasteiger partial charge in [0.25, 0.3) is 0 Å². The maximum absolute atomic E-state index is 12.5. The van der Waals surface area contributed by atoms with E-state index in [0.29, 0.717) is 16.1 Å². The lowest BCUT2D eigenvalue weighted by atomic mass is 10.2. The van der Waals surface area contributed by atoms with Gasteiger partial charge in [-0.1, -0.05) is 41.4 Å². The summed E-state index contributed by atoms with van der Waals surface area (Å²) >= 11 is 12.1. The van der Waals surface area contributed by atoms with Gasteiger partial charge in [0.05, 0.1) is 10.5 Å². The molecule has 0 radical (unpaired) electrons. The molecule has 3 rings (SSSR count). The van der Waals surface area contributed by atoms with Crippen LogP contribution in [0.4, 0.5) is 0 Å². The molecule has 0 amide bonds. The first-order valence-corrected chi connectivity index (χ1v) is 9.05. The van der Waals surface area contributed by atoms with Gasteiger partial charge in [-0.2, -0.15) is 0 Å². The molecule has 6 nitrogen and oxygen atoms in total. The number of nitrogens with zero attached hydrogens (tertiary/aromatic N) is 1. The van der Waals surface area contributed by atoms with Crippen molar-refractivity contribution in [3.63, 3.8) is 0 Å². The van der Waals surface area contributed by atoms with Crippen LogP contribution in [-0.4, -0.2) is 13.0 Å². The molecule has 0 bridgehead atoms. The highest BCUT2D eigenvalue weighted by Gasteiger charge is 2.21. The summed E-state index contributed by atoms with van der Waals surface area (Å²) in [4.78, 5) is 11.4. The van der Waals surface area contributed by atoms with Crippen LogP contribution in [0.25, 0.3) is 11.1 Å². The number of benzene rings is 2. The predicted octanol–water partition coefficient (Wildman–Crippen LogP) is 2.92. The van der Waals surface area contributed by atoms with Gasteiger partial charge in [-0.05, 0) is 17.7 Å². The second-order valence-electron chi connectivity index (χ2n) is 5.09. The van der Waals surface area contributed by atoms with E-state index in [1.165, 1.54) is 23.7 Å². The zero-order valence-corrected chi connectivity index (χ0v) is 14.7. The number of fused-ring (bicyclic) bond motifs is 1. The largest absolute Gasteiger partial charge is 0.419 e. The van der Waals surface area contributed by atoms with Crippen LogP contribution in [0.3, 0.4) is 0 Å². The van der Waals surface area contributed by atoms with E-state index in [1.54, 1.807) is 24.3 Å². The molecule has 126 valence electrons. The van der Waals surface area contributed by atoms with Crippen LogP contribution in [-0.2, 0) is 23.6 Å². The van der Waals surface area contributed by atoms with Crippen LogP contribution in [0.15, 0.2) is 50.5 Å². The number of rotatable bonds is 4. The van der Waals surface area contributed by atoms with Crippen molar-refractivity contribution in [2.24, 2.45) is 7.05 Å². The average molecular weight is 387 g/mol. The van der Waals surface area contributed by atoms with Crippen molar-refractivity contribution < 1.29 is 12.8 Å². The normalized spacial score (nSPS) is 12.0. The molecule has 1 aromatic heterocycles. The van der Waals surface area contributed by atoms with Crippen molar-refractivity contribution in [3.05, 3.63) is 62.6 Å². The molecular formula is C15H12Cl2N2O4S. The monoisotopic (exact) mass is 386 g/mol. The number of hydrogen-bond donors (Lipinski definition) is 1. The van der Waals surface area contributed by atoms with Crippen LogP contribution in [0.1, 0.15) is 5.56 Å². The Morgan fingerprint density at radius 2 is 1.88 bits per heavy atom. The highest BCUT2D eigenvalue weighted by atomic mass is 35.5. The van der Waals surface area contributed by atoms with E-state index in [2.05, 4.69) is 4.72 Å². The predicted molar refractivity (Wildman–Crippen MR) is 91.9 cm³/mol. The van der Waals surface area contributed by atoms with Crippen molar-refractivity contribution in [2.75, 3.05) is 0 Å². The number of sulfonamides is 1. The zero-order valence-electron chi connectivity index (χ0n) is 12.4. The van der Waals surface area contributed by atoms with Gasteiger partial charge in [-0.15, -0.1) is 0 Å². The van der Waals surface area contributed by atoms with Gasteiger partial charge in [0.2, 0.25) is 10.0 Å². The topological polar surface area (TPSA) is 81.3 Å². The quantitative estimate of drug-likeness (QED) is 0.747. The number of halogens is 2. The maximum Gasteiger partial charge on any atom is 0.419 e. The third-order valence-corrected chi connectivity index (χ3v) is 5.78. The van der Waals surface area contributed by atoms with E-state index in [9.17, 15) is 13.2 Å². The highest BCUT2D eigenvalue weighted by Crippen LogP contribution is 2.27. The van der Waals surface area contributed by atoms with Gasteiger partial charge in [-0.3, -0.25) is 4.57 Å². The molecule has 24 heavy (non-hydrogen) atoms. The van der Waals surface area contributed by atoms with Crippen LogP contribution in [0, 0.1) is 0 Å². The molecule has 0 atom stereocenters. The Balaban J connectivity index is 1.97. The summed E-state index contributed by atoms with van der Waals surface area (Å²) in [6, 6.07) is 9.50. The zero-order chi connectivity index (χ0) is 17.5. The number of nitrogens with one attached hydrogen (secondary N) is 1. The lowest BCUT2D eigenvalue weighted by Gasteiger charge is -2.09. The lowest BCUT2D eigenvalue weighted by Crippen LogP contribution is -2.23. The van der Waals surface area contributed by atoms with Gasteiger partial charge in [-0.25, -0.2) is 17.9 Å². The van der Waals surface area contributed by atoms with Crippen molar-refractivity contribution in [1.29, 1.82) is 0 Å². The molecule has 0 fully saturated rings. The van der Waals surface area contributed by atoms with E-state index in [-0.39, 0.29) is 22.0 Å². The first-order valence-electron chi connectivity index (χ1n) is 6.82.